The summed E-state index contributed by atoms with van der Waals surface area (Å²) < 4.78 is 19.9. The maximum Gasteiger partial charge on any atom is 0.228 e. The van der Waals surface area contributed by atoms with Crippen molar-refractivity contribution < 1.29 is 9.13 Å². The van der Waals surface area contributed by atoms with Crippen LogP contribution >= 0.6 is 11.6 Å². The second-order valence-electron chi connectivity index (χ2n) is 7.25. The van der Waals surface area contributed by atoms with Gasteiger partial charge in [0.15, 0.2) is 5.65 Å². The fourth-order valence-corrected chi connectivity index (χ4v) is 3.36. The van der Waals surface area contributed by atoms with E-state index >= 15 is 0 Å². The van der Waals surface area contributed by atoms with Gasteiger partial charge >= 0.3 is 0 Å². The SMILES string of the molecule is Cc1ccccn1.Cc1cnc2c(-c3ccc(Cl)cc3F)nc(N3CCOCC3)nc2n1. The van der Waals surface area contributed by atoms with E-state index in [0.29, 0.717) is 59.7 Å². The molecule has 164 valence electrons. The average molecular weight is 453 g/mol. The minimum Gasteiger partial charge on any atom is -0.378 e. The lowest BCUT2D eigenvalue weighted by Gasteiger charge is -2.27. The van der Waals surface area contributed by atoms with Crippen molar-refractivity contribution in [1.82, 2.24) is 24.9 Å². The molecule has 0 unspecified atom stereocenters. The first-order valence-corrected chi connectivity index (χ1v) is 10.6. The highest BCUT2D eigenvalue weighted by Gasteiger charge is 2.20. The number of morpholine rings is 1. The molecule has 9 heteroatoms. The first kappa shape index (κ1) is 22.0. The largest absolute Gasteiger partial charge is 0.378 e. The van der Waals surface area contributed by atoms with Crippen LogP contribution in [0.5, 0.6) is 0 Å². The van der Waals surface area contributed by atoms with E-state index in [1.54, 1.807) is 24.5 Å². The molecule has 1 saturated heterocycles. The molecule has 0 N–H and O–H groups in total. The molecule has 0 spiro atoms. The van der Waals surface area contributed by atoms with Gasteiger partial charge in [-0.25, -0.2) is 19.3 Å². The molecule has 1 aromatic carbocycles. The minimum atomic E-state index is -0.456. The summed E-state index contributed by atoms with van der Waals surface area (Å²) in [6.45, 7) is 6.36. The molecule has 3 aromatic heterocycles. The van der Waals surface area contributed by atoms with Crippen molar-refractivity contribution >= 4 is 28.7 Å². The molecule has 32 heavy (non-hydrogen) atoms. The van der Waals surface area contributed by atoms with Gasteiger partial charge in [0.1, 0.15) is 17.0 Å². The van der Waals surface area contributed by atoms with E-state index in [4.69, 9.17) is 16.3 Å². The maximum absolute atomic E-state index is 14.5. The van der Waals surface area contributed by atoms with Crippen LogP contribution in [0.15, 0.2) is 48.8 Å². The second-order valence-corrected chi connectivity index (χ2v) is 7.69. The molecular weight excluding hydrogens is 431 g/mol. The summed E-state index contributed by atoms with van der Waals surface area (Å²) in [6.07, 6.45) is 3.41. The zero-order valence-electron chi connectivity index (χ0n) is 17.8. The molecule has 0 radical (unpaired) electrons. The Morgan fingerprint density at radius 1 is 0.969 bits per heavy atom. The number of aromatic nitrogens is 5. The van der Waals surface area contributed by atoms with Crippen molar-refractivity contribution in [3.05, 3.63) is 71.0 Å². The Balaban J connectivity index is 0.000000300. The lowest BCUT2D eigenvalue weighted by atomic mass is 10.1. The molecule has 1 aliphatic rings. The van der Waals surface area contributed by atoms with Crippen LogP contribution < -0.4 is 4.90 Å². The molecule has 0 aliphatic carbocycles. The summed E-state index contributed by atoms with van der Waals surface area (Å²) in [5.74, 6) is 0.0443. The number of rotatable bonds is 2. The molecule has 5 rings (SSSR count). The number of hydrogen-bond donors (Lipinski definition) is 0. The van der Waals surface area contributed by atoms with Gasteiger partial charge in [0.2, 0.25) is 5.95 Å². The summed E-state index contributed by atoms with van der Waals surface area (Å²) in [6, 6.07) is 10.4. The molecule has 0 atom stereocenters. The van der Waals surface area contributed by atoms with Gasteiger partial charge in [0.05, 0.1) is 18.9 Å². The Morgan fingerprint density at radius 2 is 1.78 bits per heavy atom. The number of benzene rings is 1. The number of fused-ring (bicyclic) bond motifs is 1. The zero-order chi connectivity index (χ0) is 22.5. The minimum absolute atomic E-state index is 0.324. The predicted molar refractivity (Wildman–Crippen MR) is 122 cm³/mol. The van der Waals surface area contributed by atoms with Crippen LogP contribution in [0.3, 0.4) is 0 Å². The third-order valence-electron chi connectivity index (χ3n) is 4.81. The normalized spacial score (nSPS) is 13.6. The van der Waals surface area contributed by atoms with Gasteiger partial charge in [-0.05, 0) is 44.2 Å². The van der Waals surface area contributed by atoms with Crippen molar-refractivity contribution in [2.24, 2.45) is 0 Å². The molecule has 0 saturated carbocycles. The standard InChI is InChI=1S/C17H15ClFN5O.C6H7N/c1-10-9-20-15-14(12-3-2-11(18)8-13(12)19)22-17(23-16(15)21-10)24-4-6-25-7-5-24;1-6-4-2-3-5-7-6/h2-3,8-9H,4-7H2,1H3;2-5H,1H3. The van der Waals surface area contributed by atoms with E-state index in [9.17, 15) is 4.39 Å². The highest BCUT2D eigenvalue weighted by Crippen LogP contribution is 2.30. The number of pyridine rings is 1. The van der Waals surface area contributed by atoms with Crippen molar-refractivity contribution in [3.8, 4) is 11.3 Å². The summed E-state index contributed by atoms with van der Waals surface area (Å²) >= 11 is 5.87. The second kappa shape index (κ2) is 9.93. The molecule has 4 heterocycles. The van der Waals surface area contributed by atoms with Gasteiger partial charge in [-0.1, -0.05) is 17.7 Å². The number of nitrogens with zero attached hydrogens (tertiary/aromatic N) is 6. The van der Waals surface area contributed by atoms with Gasteiger partial charge in [0.25, 0.3) is 0 Å². The van der Waals surface area contributed by atoms with Crippen LogP contribution in [-0.2, 0) is 4.74 Å². The molecule has 0 bridgehead atoms. The summed E-state index contributed by atoms with van der Waals surface area (Å²) in [7, 11) is 0. The van der Waals surface area contributed by atoms with Crippen molar-refractivity contribution in [3.63, 3.8) is 0 Å². The number of hydrogen-bond acceptors (Lipinski definition) is 7. The van der Waals surface area contributed by atoms with Crippen LogP contribution in [0.1, 0.15) is 11.4 Å². The van der Waals surface area contributed by atoms with Gasteiger partial charge in [0, 0.05) is 41.8 Å². The lowest BCUT2D eigenvalue weighted by Crippen LogP contribution is -2.37. The zero-order valence-corrected chi connectivity index (χ0v) is 18.6. The summed E-state index contributed by atoms with van der Waals surface area (Å²) in [4.78, 5) is 23.9. The number of aryl methyl sites for hydroxylation is 2. The van der Waals surface area contributed by atoms with E-state index in [1.807, 2.05) is 36.9 Å². The smallest absolute Gasteiger partial charge is 0.228 e. The Bertz CT molecular complexity index is 1220. The fourth-order valence-electron chi connectivity index (χ4n) is 3.20. The quantitative estimate of drug-likeness (QED) is 0.445. The van der Waals surface area contributed by atoms with Gasteiger partial charge in [-0.3, -0.25) is 4.98 Å². The summed E-state index contributed by atoms with van der Waals surface area (Å²) in [5, 5.41) is 0.329. The van der Waals surface area contributed by atoms with Crippen LogP contribution in [0, 0.1) is 19.7 Å². The van der Waals surface area contributed by atoms with Crippen LogP contribution in [0.25, 0.3) is 22.4 Å². The first-order chi connectivity index (χ1) is 15.5. The highest BCUT2D eigenvalue weighted by molar-refractivity contribution is 6.30. The monoisotopic (exact) mass is 452 g/mol. The molecule has 1 aliphatic heterocycles. The molecule has 4 aromatic rings. The van der Waals surface area contributed by atoms with E-state index in [0.717, 1.165) is 11.4 Å². The van der Waals surface area contributed by atoms with E-state index in [1.165, 1.54) is 6.07 Å². The number of halogens is 2. The topological polar surface area (TPSA) is 76.9 Å². The Labute approximate surface area is 190 Å². The average Bonchev–Trinajstić information content (AvgIpc) is 2.80. The van der Waals surface area contributed by atoms with Gasteiger partial charge < -0.3 is 9.64 Å². The third kappa shape index (κ3) is 5.15. The number of anilines is 1. The predicted octanol–water partition coefficient (Wildman–Crippen LogP) is 4.41. The first-order valence-electron chi connectivity index (χ1n) is 10.2. The third-order valence-corrected chi connectivity index (χ3v) is 5.04. The van der Waals surface area contributed by atoms with Gasteiger partial charge in [-0.2, -0.15) is 4.98 Å². The van der Waals surface area contributed by atoms with E-state index < -0.39 is 5.82 Å². The lowest BCUT2D eigenvalue weighted by molar-refractivity contribution is 0.122. The Hall–Kier alpha value is -3.23. The molecule has 1 fully saturated rings. The van der Waals surface area contributed by atoms with Crippen molar-refractivity contribution in [2.45, 2.75) is 13.8 Å². The molecule has 0 amide bonds. The number of ether oxygens (including phenoxy) is 1. The van der Waals surface area contributed by atoms with E-state index in [-0.39, 0.29) is 0 Å². The Morgan fingerprint density at radius 3 is 2.44 bits per heavy atom. The fraction of sp³-hybridized carbons (Fsp3) is 0.261. The Kier molecular flexibility index (Phi) is 6.82. The van der Waals surface area contributed by atoms with E-state index in [2.05, 4.69) is 24.9 Å². The van der Waals surface area contributed by atoms with Crippen LogP contribution in [0.4, 0.5) is 10.3 Å². The maximum atomic E-state index is 14.5. The molecular formula is C23H22ClFN6O. The van der Waals surface area contributed by atoms with Crippen LogP contribution in [0.2, 0.25) is 5.02 Å². The van der Waals surface area contributed by atoms with Crippen LogP contribution in [-0.4, -0.2) is 51.2 Å². The van der Waals surface area contributed by atoms with Gasteiger partial charge in [-0.15, -0.1) is 0 Å². The van der Waals surface area contributed by atoms with Crippen molar-refractivity contribution in [2.75, 3.05) is 31.2 Å². The molecule has 7 nitrogen and oxygen atoms in total. The highest BCUT2D eigenvalue weighted by atomic mass is 35.5. The van der Waals surface area contributed by atoms with Crippen molar-refractivity contribution in [1.29, 1.82) is 0 Å². The summed E-state index contributed by atoms with van der Waals surface area (Å²) in [5.41, 5.74) is 3.45.